The van der Waals surface area contributed by atoms with Gasteiger partial charge in [-0.05, 0) is 38.5 Å². The Morgan fingerprint density at radius 2 is 0.547 bits per heavy atom. The summed E-state index contributed by atoms with van der Waals surface area (Å²) in [6, 6.07) is -1.00. The number of aliphatic hydroxyl groups is 4. The summed E-state index contributed by atoms with van der Waals surface area (Å²) in [6.45, 7) is 4.11. The van der Waals surface area contributed by atoms with E-state index in [0.29, 0.717) is 12.8 Å². The average Bonchev–Trinajstić information content (AvgIpc) is 3.42. The average molecular weight is 1060 g/mol. The first kappa shape index (κ1) is 74.0. The van der Waals surface area contributed by atoms with Gasteiger partial charge in [0.05, 0.1) is 18.8 Å². The van der Waals surface area contributed by atoms with Gasteiger partial charge in [0.2, 0.25) is 5.91 Å². The van der Waals surface area contributed by atoms with Crippen molar-refractivity contribution in [3.63, 3.8) is 0 Å². The van der Waals surface area contributed by atoms with E-state index in [1.807, 2.05) is 0 Å². The molecule has 5 N–H and O–H groups in total. The van der Waals surface area contributed by atoms with Crippen molar-refractivity contribution in [2.45, 2.75) is 417 Å². The van der Waals surface area contributed by atoms with Crippen molar-refractivity contribution in [3.05, 3.63) is 12.2 Å². The molecule has 0 saturated carbocycles. The highest BCUT2D eigenvalue weighted by molar-refractivity contribution is 5.80. The van der Waals surface area contributed by atoms with Crippen LogP contribution in [0.5, 0.6) is 0 Å². The largest absolute Gasteiger partial charge is 0.394 e. The van der Waals surface area contributed by atoms with Crippen molar-refractivity contribution in [1.82, 2.24) is 5.32 Å². The molecule has 0 radical (unpaired) electrons. The topological polar surface area (TPSA) is 110 Å². The van der Waals surface area contributed by atoms with Crippen LogP contribution in [0.2, 0.25) is 0 Å². The predicted molar refractivity (Wildman–Crippen MR) is 330 cm³/mol. The summed E-state index contributed by atoms with van der Waals surface area (Å²) in [5.74, 6) is -0.584. The maximum absolute atomic E-state index is 12.7. The van der Waals surface area contributed by atoms with Crippen LogP contribution in [-0.2, 0) is 4.79 Å². The summed E-state index contributed by atoms with van der Waals surface area (Å²) in [4.78, 5) is 12.7. The number of hydrogen-bond acceptors (Lipinski definition) is 5. The second-order valence-electron chi connectivity index (χ2n) is 24.2. The zero-order valence-corrected chi connectivity index (χ0v) is 51.1. The molecule has 0 aliphatic carbocycles. The third kappa shape index (κ3) is 57.5. The zero-order chi connectivity index (χ0) is 54.4. The van der Waals surface area contributed by atoms with Gasteiger partial charge >= 0.3 is 0 Å². The van der Waals surface area contributed by atoms with Gasteiger partial charge < -0.3 is 25.7 Å². The van der Waals surface area contributed by atoms with Gasteiger partial charge in [0, 0.05) is 0 Å². The minimum absolute atomic E-state index is 0.369. The molecule has 0 aromatic heterocycles. The van der Waals surface area contributed by atoms with Crippen LogP contribution >= 0.6 is 0 Å². The van der Waals surface area contributed by atoms with Crippen molar-refractivity contribution in [1.29, 1.82) is 0 Å². The molecule has 6 nitrogen and oxygen atoms in total. The highest BCUT2D eigenvalue weighted by atomic mass is 16.3. The molecule has 0 aliphatic heterocycles. The van der Waals surface area contributed by atoms with Gasteiger partial charge in [-0.2, -0.15) is 0 Å². The van der Waals surface area contributed by atoms with Crippen LogP contribution in [0, 0.1) is 0 Å². The van der Waals surface area contributed by atoms with Crippen molar-refractivity contribution < 1.29 is 25.2 Å². The second kappa shape index (κ2) is 63.9. The van der Waals surface area contributed by atoms with Crippen molar-refractivity contribution in [2.75, 3.05) is 6.61 Å². The van der Waals surface area contributed by atoms with Crippen molar-refractivity contribution in [2.24, 2.45) is 0 Å². The zero-order valence-electron chi connectivity index (χ0n) is 51.1. The van der Waals surface area contributed by atoms with E-state index >= 15 is 0 Å². The Kier molecular flexibility index (Phi) is 63.1. The Labute approximate surface area is 470 Å². The Morgan fingerprint density at radius 1 is 0.320 bits per heavy atom. The molecule has 0 aliphatic rings. The minimum Gasteiger partial charge on any atom is -0.394 e. The Balaban J connectivity index is 3.54. The van der Waals surface area contributed by atoms with Gasteiger partial charge in [0.25, 0.3) is 0 Å². The minimum atomic E-state index is -1.28. The Bertz CT molecular complexity index is 1100. The van der Waals surface area contributed by atoms with Crippen LogP contribution in [0.25, 0.3) is 0 Å². The van der Waals surface area contributed by atoms with E-state index in [2.05, 4.69) is 31.3 Å². The number of carbonyl (C=O) groups is 1. The number of aliphatic hydroxyl groups excluding tert-OH is 4. The molecule has 4 atom stereocenters. The van der Waals surface area contributed by atoms with Crippen LogP contribution in [0.1, 0.15) is 393 Å². The molecule has 448 valence electrons. The number of carbonyl (C=O) groups excluding carboxylic acids is 1. The lowest BCUT2D eigenvalue weighted by Crippen LogP contribution is -2.53. The monoisotopic (exact) mass is 1060 g/mol. The molecule has 0 fully saturated rings. The van der Waals surface area contributed by atoms with Gasteiger partial charge in [-0.15, -0.1) is 0 Å². The summed E-state index contributed by atoms with van der Waals surface area (Å²) in [5, 5.41) is 44.2. The van der Waals surface area contributed by atoms with Gasteiger partial charge in [-0.1, -0.05) is 366 Å². The van der Waals surface area contributed by atoms with Crippen LogP contribution in [0.4, 0.5) is 0 Å². The molecule has 0 saturated heterocycles. The van der Waals surface area contributed by atoms with Gasteiger partial charge in [0.1, 0.15) is 12.2 Å². The maximum atomic E-state index is 12.7. The van der Waals surface area contributed by atoms with Gasteiger partial charge in [-0.25, -0.2) is 0 Å². The highest BCUT2D eigenvalue weighted by Gasteiger charge is 2.28. The lowest BCUT2D eigenvalue weighted by molar-refractivity contribution is -0.132. The van der Waals surface area contributed by atoms with E-state index in [-0.39, 0.29) is 0 Å². The third-order valence-electron chi connectivity index (χ3n) is 16.7. The normalized spacial score (nSPS) is 13.5. The first-order valence-electron chi connectivity index (χ1n) is 34.6. The first-order valence-corrected chi connectivity index (χ1v) is 34.6. The van der Waals surface area contributed by atoms with E-state index in [0.717, 1.165) is 38.5 Å². The van der Waals surface area contributed by atoms with Crippen LogP contribution in [0.15, 0.2) is 12.2 Å². The summed E-state index contributed by atoms with van der Waals surface area (Å²) >= 11 is 0. The quantitative estimate of drug-likeness (QED) is 0.0308. The molecule has 0 aromatic rings. The molecule has 1 amide bonds. The van der Waals surface area contributed by atoms with E-state index in [4.69, 9.17) is 0 Å². The maximum Gasteiger partial charge on any atom is 0.249 e. The van der Waals surface area contributed by atoms with E-state index < -0.39 is 36.9 Å². The fraction of sp³-hybridized carbons (Fsp3) is 0.957. The molecule has 0 rings (SSSR count). The molecule has 75 heavy (non-hydrogen) atoms. The van der Waals surface area contributed by atoms with E-state index in [1.165, 1.54) is 327 Å². The number of unbranched alkanes of at least 4 members (excludes halogenated alkanes) is 54. The number of hydrogen-bond donors (Lipinski definition) is 5. The molecule has 4 unspecified atom stereocenters. The number of rotatable bonds is 65. The molecule has 0 bridgehead atoms. The van der Waals surface area contributed by atoms with Crippen molar-refractivity contribution >= 4 is 5.91 Å². The Morgan fingerprint density at radius 3 is 0.800 bits per heavy atom. The van der Waals surface area contributed by atoms with Crippen LogP contribution in [-0.4, -0.2) is 57.3 Å². The van der Waals surface area contributed by atoms with Crippen LogP contribution < -0.4 is 5.32 Å². The van der Waals surface area contributed by atoms with Gasteiger partial charge in [-0.3, -0.25) is 4.79 Å². The predicted octanol–water partition coefficient (Wildman–Crippen LogP) is 21.2. The summed E-state index contributed by atoms with van der Waals surface area (Å²) in [5.41, 5.74) is 0. The molecule has 0 heterocycles. The third-order valence-corrected chi connectivity index (χ3v) is 16.7. The van der Waals surface area contributed by atoms with E-state index in [1.54, 1.807) is 0 Å². The van der Waals surface area contributed by atoms with E-state index in [9.17, 15) is 25.2 Å². The molecule has 6 heteroatoms. The smallest absolute Gasteiger partial charge is 0.249 e. The SMILES string of the molecule is CCCCCCCCCCCCCCCCCCCCCCCC/C=C/CCCC(O)C(O)C(CO)NC(=O)C(O)CCCCCCCCCCCCCCCCCCCCCCCCCCCCCCCCCC. The molecule has 0 aromatic carbocycles. The number of nitrogens with one attached hydrogen (secondary N) is 1. The van der Waals surface area contributed by atoms with Gasteiger partial charge in [0.15, 0.2) is 0 Å². The number of allylic oxidation sites excluding steroid dienone is 2. The van der Waals surface area contributed by atoms with Crippen molar-refractivity contribution in [3.8, 4) is 0 Å². The fourth-order valence-corrected chi connectivity index (χ4v) is 11.4. The fourth-order valence-electron chi connectivity index (χ4n) is 11.4. The van der Waals surface area contributed by atoms with Crippen LogP contribution in [0.3, 0.4) is 0 Å². The number of amides is 1. The standard InChI is InChI=1S/C69H137NO5/c1-3-5-7-9-11-13-15-17-19-21-23-25-27-29-31-32-33-34-35-37-39-41-43-45-47-49-51-53-55-57-59-61-63-67(73)69(75)70-65(64-71)68(74)66(72)62-60-58-56-54-52-50-48-46-44-42-40-38-36-30-28-26-24-22-20-18-16-14-12-10-8-6-4-2/h54,56,65-68,71-74H,3-53,55,57-64H2,1-2H3,(H,70,75)/b56-54+. The molecular formula is C69H137NO5. The summed E-state index contributed by atoms with van der Waals surface area (Å²) in [7, 11) is 0. The highest BCUT2D eigenvalue weighted by Crippen LogP contribution is 2.20. The Hall–Kier alpha value is -0.950. The lowest BCUT2D eigenvalue weighted by Gasteiger charge is -2.27. The summed E-state index contributed by atoms with van der Waals surface area (Å²) in [6.07, 6.45) is 79.1. The molecule has 0 spiro atoms. The summed E-state index contributed by atoms with van der Waals surface area (Å²) < 4.78 is 0. The molecular weight excluding hydrogens is 923 g/mol. The lowest BCUT2D eigenvalue weighted by atomic mass is 10.00. The second-order valence-corrected chi connectivity index (χ2v) is 24.2. The first-order chi connectivity index (χ1) is 37.0.